The third-order valence-corrected chi connectivity index (χ3v) is 18.2. The summed E-state index contributed by atoms with van der Waals surface area (Å²) in [5.41, 5.74) is 0.326. The Morgan fingerprint density at radius 3 is 2.12 bits per heavy atom. The SMILES string of the molecule is C[C@@H]1COCCN1C[C@H]1CN(C(=O)OC(C)(C)C)[C@H](C)CN1CC(=O)N1CC(C)(C(=O)NCC(=O)Nc2ccc3c(c2)CN(C(=O)[C@@H](NC(=O)[C@H](C)N(C)C(=O)OC(C)(C)C)C2CCOCC2)[C@H](C(=O)Nc2c(F)cccc2F)C3)c2ccc(Cc3ccc(F)cc3)cc21. The Balaban J connectivity index is 0.939. The van der Waals surface area contributed by atoms with Gasteiger partial charge in [0.2, 0.25) is 35.4 Å². The van der Waals surface area contributed by atoms with Gasteiger partial charge in [0.05, 0.1) is 31.7 Å². The van der Waals surface area contributed by atoms with Crippen LogP contribution < -0.4 is 26.2 Å². The van der Waals surface area contributed by atoms with Gasteiger partial charge in [0.25, 0.3) is 0 Å². The molecule has 0 saturated carbocycles. The van der Waals surface area contributed by atoms with Crippen molar-refractivity contribution in [2.75, 3.05) is 94.8 Å². The van der Waals surface area contributed by atoms with E-state index in [0.29, 0.717) is 81.0 Å². The number of morpholine rings is 1. The summed E-state index contributed by atoms with van der Waals surface area (Å²) in [6.45, 7) is 20.3. The fourth-order valence-corrected chi connectivity index (χ4v) is 12.8. The van der Waals surface area contributed by atoms with Crippen LogP contribution in [0.1, 0.15) is 110 Å². The second-order valence-corrected chi connectivity index (χ2v) is 27.6. The molecule has 3 fully saturated rings. The van der Waals surface area contributed by atoms with Crippen LogP contribution in [0.3, 0.4) is 0 Å². The number of carbonyl (C=O) groups excluding carboxylic acids is 8. The molecule has 3 saturated heterocycles. The number of benzene rings is 4. The quantitative estimate of drug-likeness (QED) is 0.0822. The van der Waals surface area contributed by atoms with Crippen molar-refractivity contribution in [3.63, 3.8) is 0 Å². The summed E-state index contributed by atoms with van der Waals surface area (Å²) < 4.78 is 66.9. The fraction of sp³-hybridized carbons (Fsp3) is 0.536. The molecule has 5 aliphatic heterocycles. The summed E-state index contributed by atoms with van der Waals surface area (Å²) in [7, 11) is 1.39. The van der Waals surface area contributed by atoms with Gasteiger partial charge >= 0.3 is 12.2 Å². The van der Waals surface area contributed by atoms with E-state index in [4.69, 9.17) is 18.9 Å². The molecule has 5 aliphatic rings. The van der Waals surface area contributed by atoms with Crippen LogP contribution in [0.5, 0.6) is 0 Å². The summed E-state index contributed by atoms with van der Waals surface area (Å²) in [4.78, 5) is 125. The number of halogens is 3. The number of piperazine rings is 1. The molecule has 0 radical (unpaired) electrons. The van der Waals surface area contributed by atoms with Crippen LogP contribution in [0.2, 0.25) is 0 Å². The Morgan fingerprint density at radius 2 is 1.45 bits per heavy atom. The topological polar surface area (TPSA) is 241 Å². The number of rotatable bonds is 17. The number of hydrogen-bond acceptors (Lipinski definition) is 14. The normalized spacial score (nSPS) is 21.8. The van der Waals surface area contributed by atoms with Gasteiger partial charge in [-0.15, -0.1) is 0 Å². The minimum atomic E-state index is -1.37. The van der Waals surface area contributed by atoms with Crippen LogP contribution in [-0.4, -0.2) is 199 Å². The van der Waals surface area contributed by atoms with E-state index in [0.717, 1.165) is 34.2 Å². The maximum absolute atomic E-state index is 15.3. The molecule has 7 atom stereocenters. The Hall–Kier alpha value is -8.13. The lowest BCUT2D eigenvalue weighted by Crippen LogP contribution is -2.64. The monoisotopic (exact) mass is 1310 g/mol. The van der Waals surface area contributed by atoms with Crippen molar-refractivity contribution in [1.82, 2.24) is 35.1 Å². The largest absolute Gasteiger partial charge is 0.444 e. The third kappa shape index (κ3) is 16.9. The average molecular weight is 1310 g/mol. The highest BCUT2D eigenvalue weighted by Gasteiger charge is 2.49. The lowest BCUT2D eigenvalue weighted by molar-refractivity contribution is -0.146. The third-order valence-electron chi connectivity index (χ3n) is 18.2. The van der Waals surface area contributed by atoms with Gasteiger partial charge in [-0.05, 0) is 165 Å². The zero-order valence-corrected chi connectivity index (χ0v) is 55.6. The molecule has 4 N–H and O–H groups in total. The summed E-state index contributed by atoms with van der Waals surface area (Å²) >= 11 is 0. The molecule has 22 nitrogen and oxygen atoms in total. The molecule has 4 aromatic rings. The van der Waals surface area contributed by atoms with Gasteiger partial charge in [0.1, 0.15) is 52.5 Å². The average Bonchev–Trinajstić information content (AvgIpc) is 1.56. The first kappa shape index (κ1) is 70.2. The van der Waals surface area contributed by atoms with E-state index >= 15 is 18.4 Å². The van der Waals surface area contributed by atoms with E-state index in [1.165, 1.54) is 31.0 Å². The Kier molecular flexibility index (Phi) is 21.8. The Morgan fingerprint density at radius 1 is 0.766 bits per heavy atom. The number of ether oxygens (including phenoxy) is 4. The van der Waals surface area contributed by atoms with Crippen molar-refractivity contribution in [2.45, 2.75) is 154 Å². The highest BCUT2D eigenvalue weighted by Crippen LogP contribution is 2.43. The van der Waals surface area contributed by atoms with Gasteiger partial charge in [0, 0.05) is 95.5 Å². The number of anilines is 3. The van der Waals surface area contributed by atoms with Gasteiger partial charge in [-0.2, -0.15) is 0 Å². The predicted molar refractivity (Wildman–Crippen MR) is 345 cm³/mol. The lowest BCUT2D eigenvalue weighted by Gasteiger charge is -2.47. The number of nitrogens with zero attached hydrogens (tertiary/aromatic N) is 6. The van der Waals surface area contributed by atoms with Crippen molar-refractivity contribution < 1.29 is 70.5 Å². The molecular formula is C69H89F3N10O12. The summed E-state index contributed by atoms with van der Waals surface area (Å²) in [5.74, 6) is -6.70. The standard InChI is InChI=1S/C69H89F3N10O12/c1-41-34-79(51(36-78-25-28-92-39-42(78)2)37-80(41)66(90)94-68(7,8)9)38-58(84)82-40-69(10,52-22-17-45(30-55(52)82)29-44-15-19-49(70)20-16-44)64(88)73-33-57(83)74-50-21-18-47-32-56(62(86)76-60-53(71)13-12-14-54(60)72)81(35-48(47)31-50)63(87)59(46-23-26-91-27-24-46)75-61(85)43(3)77(11)65(89)93-67(4,5)6/h12-22,30-31,41-43,46,51,56,59H,23-29,32-40H2,1-11H3,(H,73,88)(H,74,83)(H,75,85)(H,76,86)/t41-,42-,43+,51+,56+,59+,69?/m1/s1. The number of carbonyl (C=O) groups is 8. The van der Waals surface area contributed by atoms with E-state index in [2.05, 4.69) is 38.0 Å². The Bertz CT molecular complexity index is 3470. The van der Waals surface area contributed by atoms with Crippen LogP contribution in [0.15, 0.2) is 78.9 Å². The summed E-state index contributed by atoms with van der Waals surface area (Å²) in [5, 5.41) is 10.9. The van der Waals surface area contributed by atoms with Crippen molar-refractivity contribution in [3.8, 4) is 0 Å². The lowest BCUT2D eigenvalue weighted by atomic mass is 9.83. The van der Waals surface area contributed by atoms with E-state index in [1.54, 1.807) is 67.8 Å². The molecule has 94 heavy (non-hydrogen) atoms. The van der Waals surface area contributed by atoms with Crippen LogP contribution in [-0.2, 0) is 72.5 Å². The molecule has 1 unspecified atom stereocenters. The minimum Gasteiger partial charge on any atom is -0.444 e. The van der Waals surface area contributed by atoms with E-state index < -0.39 is 106 Å². The van der Waals surface area contributed by atoms with Crippen molar-refractivity contribution >= 4 is 64.7 Å². The zero-order chi connectivity index (χ0) is 68.1. The summed E-state index contributed by atoms with van der Waals surface area (Å²) in [6, 6.07) is 15.4. The van der Waals surface area contributed by atoms with Crippen LogP contribution in [0, 0.1) is 23.4 Å². The molecule has 8 amide bonds. The number of para-hydroxylation sites is 1. The molecule has 9 rings (SSSR count). The first-order chi connectivity index (χ1) is 44.4. The van der Waals surface area contributed by atoms with Crippen molar-refractivity contribution in [1.29, 1.82) is 0 Å². The van der Waals surface area contributed by atoms with E-state index in [1.807, 2.05) is 45.9 Å². The summed E-state index contributed by atoms with van der Waals surface area (Å²) in [6.07, 6.45) is -0.274. The van der Waals surface area contributed by atoms with Gasteiger partial charge in [-0.1, -0.05) is 36.4 Å². The maximum Gasteiger partial charge on any atom is 0.410 e. The molecular weight excluding hydrogens is 1220 g/mol. The highest BCUT2D eigenvalue weighted by molar-refractivity contribution is 6.04. The van der Waals surface area contributed by atoms with Crippen molar-refractivity contribution in [3.05, 3.63) is 124 Å². The maximum atomic E-state index is 15.3. The van der Waals surface area contributed by atoms with E-state index in [9.17, 15) is 33.2 Å². The Labute approximate surface area is 547 Å². The van der Waals surface area contributed by atoms with Crippen LogP contribution in [0.25, 0.3) is 0 Å². The van der Waals surface area contributed by atoms with Crippen molar-refractivity contribution in [2.24, 2.45) is 5.92 Å². The second-order valence-electron chi connectivity index (χ2n) is 27.6. The van der Waals surface area contributed by atoms with Gasteiger partial charge in [-0.3, -0.25) is 43.5 Å². The minimum absolute atomic E-state index is 0.0482. The van der Waals surface area contributed by atoms with E-state index in [-0.39, 0.29) is 74.8 Å². The zero-order valence-electron chi connectivity index (χ0n) is 55.6. The van der Waals surface area contributed by atoms with Gasteiger partial charge in [-0.25, -0.2) is 22.8 Å². The molecule has 0 bridgehead atoms. The fourth-order valence-electron chi connectivity index (χ4n) is 12.8. The van der Waals surface area contributed by atoms with Crippen LogP contribution >= 0.6 is 0 Å². The molecule has 5 heterocycles. The smallest absolute Gasteiger partial charge is 0.410 e. The molecule has 4 aromatic carbocycles. The molecule has 0 aromatic heterocycles. The number of nitrogens with one attached hydrogen (secondary N) is 4. The number of hydrogen-bond donors (Lipinski definition) is 4. The second kappa shape index (κ2) is 29.2. The number of fused-ring (bicyclic) bond motifs is 2. The highest BCUT2D eigenvalue weighted by atomic mass is 19.1. The van der Waals surface area contributed by atoms with Gasteiger partial charge in [0.15, 0.2) is 0 Å². The molecule has 508 valence electrons. The van der Waals surface area contributed by atoms with Gasteiger partial charge < -0.3 is 54.9 Å². The van der Waals surface area contributed by atoms with Crippen LogP contribution in [0.4, 0.5) is 39.8 Å². The first-order valence-corrected chi connectivity index (χ1v) is 32.2. The molecule has 0 spiro atoms. The first-order valence-electron chi connectivity index (χ1n) is 32.2. The molecule has 25 heteroatoms. The molecule has 0 aliphatic carbocycles. The number of likely N-dealkylation sites (N-methyl/N-ethyl adjacent to an activating group) is 1. The predicted octanol–water partition coefficient (Wildman–Crippen LogP) is 7.14. The number of amides is 8.